The Labute approximate surface area is 120 Å². The van der Waals surface area contributed by atoms with Gasteiger partial charge in [-0.1, -0.05) is 0 Å². The number of H-pyrrole nitrogens is 1. The van der Waals surface area contributed by atoms with Crippen LogP contribution in [0.4, 0.5) is 5.69 Å². The summed E-state index contributed by atoms with van der Waals surface area (Å²) in [5.74, 6) is -1.43. The van der Waals surface area contributed by atoms with E-state index >= 15 is 0 Å². The van der Waals surface area contributed by atoms with Gasteiger partial charge in [0.2, 0.25) is 5.91 Å². The molecule has 5 nitrogen and oxygen atoms in total. The fraction of sp³-hybridized carbons (Fsp3) is 0.143. The lowest BCUT2D eigenvalue weighted by Gasteiger charge is -2.01. The van der Waals surface area contributed by atoms with E-state index in [0.717, 1.165) is 10.4 Å². The van der Waals surface area contributed by atoms with E-state index in [0.29, 0.717) is 5.69 Å². The van der Waals surface area contributed by atoms with Crippen molar-refractivity contribution in [3.05, 3.63) is 45.4 Å². The first kappa shape index (κ1) is 14.1. The number of nitrogens with one attached hydrogen (secondary N) is 2. The van der Waals surface area contributed by atoms with Crippen LogP contribution in [0.1, 0.15) is 26.5 Å². The summed E-state index contributed by atoms with van der Waals surface area (Å²) in [6.07, 6.45) is 4.59. The number of carboxylic acid groups (broad SMARTS) is 1. The van der Waals surface area contributed by atoms with Gasteiger partial charge >= 0.3 is 5.97 Å². The highest BCUT2D eigenvalue weighted by molar-refractivity contribution is 7.11. The molecule has 0 aliphatic heterocycles. The normalized spacial score (nSPS) is 10.9. The predicted octanol–water partition coefficient (Wildman–Crippen LogP) is 3.04. The van der Waals surface area contributed by atoms with Gasteiger partial charge in [-0.3, -0.25) is 4.79 Å². The molecule has 2 rings (SSSR count). The average molecular weight is 290 g/mol. The topological polar surface area (TPSA) is 82.2 Å². The molecule has 2 aromatic heterocycles. The highest BCUT2D eigenvalue weighted by atomic mass is 32.1. The van der Waals surface area contributed by atoms with Crippen LogP contribution in [0, 0.1) is 13.8 Å². The average Bonchev–Trinajstić information content (AvgIpc) is 2.93. The van der Waals surface area contributed by atoms with Crippen molar-refractivity contribution in [1.29, 1.82) is 0 Å². The Morgan fingerprint density at radius 1 is 1.40 bits per heavy atom. The SMILES string of the molecule is Cc1ccsc1/C=C/C(=O)Nc1c[nH]c(C)c1C(=O)O. The van der Waals surface area contributed by atoms with Gasteiger partial charge in [0.05, 0.1) is 5.69 Å². The molecule has 0 unspecified atom stereocenters. The van der Waals surface area contributed by atoms with E-state index in [2.05, 4.69) is 10.3 Å². The zero-order chi connectivity index (χ0) is 14.7. The molecule has 6 heteroatoms. The summed E-state index contributed by atoms with van der Waals surface area (Å²) < 4.78 is 0. The lowest BCUT2D eigenvalue weighted by atomic mass is 10.2. The van der Waals surface area contributed by atoms with E-state index in [-0.39, 0.29) is 17.2 Å². The van der Waals surface area contributed by atoms with Crippen LogP contribution in [0.5, 0.6) is 0 Å². The smallest absolute Gasteiger partial charge is 0.339 e. The Kier molecular flexibility index (Phi) is 4.05. The lowest BCUT2D eigenvalue weighted by Crippen LogP contribution is -2.10. The van der Waals surface area contributed by atoms with Crippen molar-refractivity contribution in [3.63, 3.8) is 0 Å². The van der Waals surface area contributed by atoms with E-state index in [1.165, 1.54) is 12.3 Å². The second kappa shape index (κ2) is 5.75. The molecule has 0 atom stereocenters. The van der Waals surface area contributed by atoms with Crippen LogP contribution in [-0.2, 0) is 4.79 Å². The number of aryl methyl sites for hydroxylation is 2. The van der Waals surface area contributed by atoms with Gasteiger partial charge in [0, 0.05) is 22.8 Å². The van der Waals surface area contributed by atoms with Crippen molar-refractivity contribution in [2.24, 2.45) is 0 Å². The molecular formula is C14H14N2O3S. The minimum absolute atomic E-state index is 0.0825. The standard InChI is InChI=1S/C14H14N2O3S/c1-8-5-6-20-11(8)3-4-12(17)16-10-7-15-9(2)13(10)14(18)19/h3-7,15H,1-2H3,(H,16,17)(H,18,19)/b4-3+. The second-order valence-corrected chi connectivity index (χ2v) is 5.25. The Hall–Kier alpha value is -2.34. The van der Waals surface area contributed by atoms with Gasteiger partial charge in [0.25, 0.3) is 0 Å². The molecule has 2 heterocycles. The van der Waals surface area contributed by atoms with E-state index in [1.54, 1.807) is 24.3 Å². The van der Waals surface area contributed by atoms with Crippen LogP contribution in [-0.4, -0.2) is 22.0 Å². The molecule has 0 spiro atoms. The molecule has 0 aliphatic rings. The minimum atomic E-state index is -1.07. The number of aromatic amines is 1. The number of thiophene rings is 1. The number of hydrogen-bond acceptors (Lipinski definition) is 3. The maximum Gasteiger partial charge on any atom is 0.339 e. The number of aromatic nitrogens is 1. The van der Waals surface area contributed by atoms with Crippen LogP contribution in [0.15, 0.2) is 23.7 Å². The third-order valence-electron chi connectivity index (χ3n) is 2.84. The van der Waals surface area contributed by atoms with E-state index in [9.17, 15) is 9.59 Å². The molecule has 0 fully saturated rings. The Bertz CT molecular complexity index is 682. The molecule has 1 amide bonds. The van der Waals surface area contributed by atoms with Gasteiger partial charge in [0.1, 0.15) is 5.56 Å². The zero-order valence-electron chi connectivity index (χ0n) is 11.1. The maximum absolute atomic E-state index is 11.8. The summed E-state index contributed by atoms with van der Waals surface area (Å²) in [5.41, 5.74) is 1.96. The molecule has 0 aliphatic carbocycles. The summed E-state index contributed by atoms with van der Waals surface area (Å²) >= 11 is 1.54. The van der Waals surface area contributed by atoms with Crippen molar-refractivity contribution in [3.8, 4) is 0 Å². The molecular weight excluding hydrogens is 276 g/mol. The van der Waals surface area contributed by atoms with Gasteiger partial charge in [-0.2, -0.15) is 0 Å². The molecule has 0 radical (unpaired) electrons. The molecule has 2 aromatic rings. The first-order valence-corrected chi connectivity index (χ1v) is 6.81. The van der Waals surface area contributed by atoms with Crippen LogP contribution in [0.25, 0.3) is 6.08 Å². The summed E-state index contributed by atoms with van der Waals surface area (Å²) in [4.78, 5) is 26.7. The van der Waals surface area contributed by atoms with E-state index in [1.807, 2.05) is 18.4 Å². The van der Waals surface area contributed by atoms with Crippen molar-refractivity contribution >= 4 is 35.0 Å². The summed E-state index contributed by atoms with van der Waals surface area (Å²) in [6.45, 7) is 3.61. The van der Waals surface area contributed by atoms with Crippen LogP contribution in [0.2, 0.25) is 0 Å². The van der Waals surface area contributed by atoms with E-state index in [4.69, 9.17) is 5.11 Å². The van der Waals surface area contributed by atoms with Crippen LogP contribution < -0.4 is 5.32 Å². The van der Waals surface area contributed by atoms with Gasteiger partial charge < -0.3 is 15.4 Å². The monoisotopic (exact) mass is 290 g/mol. The lowest BCUT2D eigenvalue weighted by molar-refractivity contribution is -0.111. The van der Waals surface area contributed by atoms with Crippen LogP contribution in [0.3, 0.4) is 0 Å². The van der Waals surface area contributed by atoms with Crippen molar-refractivity contribution in [1.82, 2.24) is 4.98 Å². The number of carbonyl (C=O) groups excluding carboxylic acids is 1. The Balaban J connectivity index is 2.11. The first-order chi connectivity index (χ1) is 9.49. The van der Waals surface area contributed by atoms with Crippen molar-refractivity contribution < 1.29 is 14.7 Å². The quantitative estimate of drug-likeness (QED) is 0.757. The number of amides is 1. The highest BCUT2D eigenvalue weighted by Crippen LogP contribution is 2.20. The molecule has 0 saturated heterocycles. The summed E-state index contributed by atoms with van der Waals surface area (Å²) in [5, 5.41) is 13.6. The molecule has 3 N–H and O–H groups in total. The first-order valence-electron chi connectivity index (χ1n) is 5.93. The van der Waals surface area contributed by atoms with Crippen molar-refractivity contribution in [2.75, 3.05) is 5.32 Å². The molecule has 0 aromatic carbocycles. The third kappa shape index (κ3) is 2.97. The molecule has 104 valence electrons. The number of anilines is 1. The second-order valence-electron chi connectivity index (χ2n) is 4.30. The number of hydrogen-bond donors (Lipinski definition) is 3. The number of carbonyl (C=O) groups is 2. The van der Waals surface area contributed by atoms with Crippen LogP contribution >= 0.6 is 11.3 Å². The highest BCUT2D eigenvalue weighted by Gasteiger charge is 2.16. The fourth-order valence-electron chi connectivity index (χ4n) is 1.78. The number of rotatable bonds is 4. The van der Waals surface area contributed by atoms with E-state index < -0.39 is 5.97 Å². The van der Waals surface area contributed by atoms with Gasteiger partial charge in [-0.05, 0) is 36.9 Å². The van der Waals surface area contributed by atoms with Crippen molar-refractivity contribution in [2.45, 2.75) is 13.8 Å². The molecule has 20 heavy (non-hydrogen) atoms. The third-order valence-corrected chi connectivity index (χ3v) is 3.82. The number of aromatic carboxylic acids is 1. The summed E-state index contributed by atoms with van der Waals surface area (Å²) in [6, 6.07) is 1.97. The maximum atomic E-state index is 11.8. The van der Waals surface area contributed by atoms with Gasteiger partial charge in [-0.25, -0.2) is 4.79 Å². The Morgan fingerprint density at radius 2 is 2.15 bits per heavy atom. The molecule has 0 saturated carbocycles. The summed E-state index contributed by atoms with van der Waals surface area (Å²) in [7, 11) is 0. The Morgan fingerprint density at radius 3 is 2.75 bits per heavy atom. The number of carboxylic acids is 1. The largest absolute Gasteiger partial charge is 0.478 e. The predicted molar refractivity (Wildman–Crippen MR) is 79.2 cm³/mol. The molecule has 0 bridgehead atoms. The van der Waals surface area contributed by atoms with Gasteiger partial charge in [-0.15, -0.1) is 11.3 Å². The minimum Gasteiger partial charge on any atom is -0.478 e. The van der Waals surface area contributed by atoms with Gasteiger partial charge in [0.15, 0.2) is 0 Å². The zero-order valence-corrected chi connectivity index (χ0v) is 11.9. The fourth-order valence-corrected chi connectivity index (χ4v) is 2.60.